The number of aryl methyl sites for hydroxylation is 1. The van der Waals surface area contributed by atoms with Crippen LogP contribution in [0.2, 0.25) is 0 Å². The third kappa shape index (κ3) is 2.98. The zero-order valence-electron chi connectivity index (χ0n) is 14.2. The molecule has 0 saturated heterocycles. The number of nitrogens with zero attached hydrogens (tertiary/aromatic N) is 2. The van der Waals surface area contributed by atoms with Gasteiger partial charge >= 0.3 is 5.97 Å². The molecule has 0 fully saturated rings. The van der Waals surface area contributed by atoms with Crippen molar-refractivity contribution < 1.29 is 9.53 Å². The second-order valence-corrected chi connectivity index (χ2v) is 7.54. The molecule has 0 amide bonds. The molecule has 1 aromatic carbocycles. The summed E-state index contributed by atoms with van der Waals surface area (Å²) < 4.78 is 4.79. The Hall–Kier alpha value is -2.47. The average Bonchev–Trinajstić information content (AvgIpc) is 2.99. The predicted octanol–water partition coefficient (Wildman–Crippen LogP) is 4.35. The molecule has 3 aromatic rings. The molecule has 0 saturated carbocycles. The molecule has 2 heterocycles. The summed E-state index contributed by atoms with van der Waals surface area (Å²) in [5.74, 6) is 1.18. The maximum Gasteiger partial charge on any atom is 0.337 e. The number of fused-ring (bicyclic) bond motifs is 3. The van der Waals surface area contributed by atoms with Crippen molar-refractivity contribution in [1.82, 2.24) is 9.97 Å². The monoisotopic (exact) mass is 353 g/mol. The predicted molar refractivity (Wildman–Crippen MR) is 99.7 cm³/mol. The van der Waals surface area contributed by atoms with E-state index in [1.54, 1.807) is 29.8 Å². The Bertz CT molecular complexity index is 951. The van der Waals surface area contributed by atoms with Crippen LogP contribution in [0.25, 0.3) is 10.2 Å². The minimum Gasteiger partial charge on any atom is -0.465 e. The lowest BCUT2D eigenvalue weighted by Crippen LogP contribution is -2.09. The number of anilines is 2. The van der Waals surface area contributed by atoms with Gasteiger partial charge in [-0.2, -0.15) is 0 Å². The number of nitrogens with one attached hydrogen (secondary N) is 1. The van der Waals surface area contributed by atoms with Crippen LogP contribution < -0.4 is 5.32 Å². The number of aromatic nitrogens is 2. The van der Waals surface area contributed by atoms with Gasteiger partial charge in [0, 0.05) is 10.6 Å². The smallest absolute Gasteiger partial charge is 0.337 e. The Morgan fingerprint density at radius 3 is 3.08 bits per heavy atom. The first kappa shape index (κ1) is 16.0. The normalized spacial score (nSPS) is 16.5. The summed E-state index contributed by atoms with van der Waals surface area (Å²) in [6, 6.07) is 7.26. The molecule has 4 rings (SSSR count). The maximum atomic E-state index is 11.7. The summed E-state index contributed by atoms with van der Waals surface area (Å²) in [6.45, 7) is 2.30. The van der Waals surface area contributed by atoms with Gasteiger partial charge in [0.25, 0.3) is 0 Å². The van der Waals surface area contributed by atoms with Crippen LogP contribution >= 0.6 is 11.3 Å². The molecule has 0 aliphatic heterocycles. The van der Waals surface area contributed by atoms with Gasteiger partial charge in [0.15, 0.2) is 0 Å². The number of ether oxygens (including phenoxy) is 1. The van der Waals surface area contributed by atoms with Gasteiger partial charge in [-0.25, -0.2) is 14.8 Å². The van der Waals surface area contributed by atoms with Crippen LogP contribution in [0.15, 0.2) is 30.6 Å². The molecule has 5 nitrogen and oxygen atoms in total. The molecule has 1 aliphatic carbocycles. The Morgan fingerprint density at radius 2 is 2.24 bits per heavy atom. The fourth-order valence-electron chi connectivity index (χ4n) is 3.35. The van der Waals surface area contributed by atoms with Crippen LogP contribution in [0.4, 0.5) is 11.5 Å². The summed E-state index contributed by atoms with van der Waals surface area (Å²) in [6.07, 6.45) is 4.99. The molecule has 0 radical (unpaired) electrons. The van der Waals surface area contributed by atoms with Crippen molar-refractivity contribution >= 4 is 39.0 Å². The standard InChI is InChI=1S/C19H19N3O2S/c1-11-6-7-14-15(8-11)25-18-16(14)17(20-10-21-18)22-13-5-3-4-12(9-13)19(23)24-2/h3-5,9-11H,6-8H2,1-2H3,(H,20,21,22)/t11-/m0/s1. The Kier molecular flexibility index (Phi) is 4.13. The van der Waals surface area contributed by atoms with Crippen LogP contribution in [0.1, 0.15) is 34.1 Å². The summed E-state index contributed by atoms with van der Waals surface area (Å²) in [5.41, 5.74) is 2.70. The maximum absolute atomic E-state index is 11.7. The summed E-state index contributed by atoms with van der Waals surface area (Å²) in [5, 5.41) is 4.48. The van der Waals surface area contributed by atoms with Gasteiger partial charge in [0.05, 0.1) is 18.1 Å². The molecule has 128 valence electrons. The second kappa shape index (κ2) is 6.44. The van der Waals surface area contributed by atoms with E-state index in [0.29, 0.717) is 5.56 Å². The lowest BCUT2D eigenvalue weighted by atomic mass is 9.89. The highest BCUT2D eigenvalue weighted by atomic mass is 32.1. The van der Waals surface area contributed by atoms with Gasteiger partial charge in [-0.1, -0.05) is 13.0 Å². The average molecular weight is 353 g/mol. The molecule has 1 atom stereocenters. The van der Waals surface area contributed by atoms with Crippen molar-refractivity contribution in [1.29, 1.82) is 0 Å². The SMILES string of the molecule is COC(=O)c1cccc(Nc2ncnc3sc4c(c23)CC[C@H](C)C4)c1. The molecule has 6 heteroatoms. The second-order valence-electron chi connectivity index (χ2n) is 6.45. The van der Waals surface area contributed by atoms with Gasteiger partial charge < -0.3 is 10.1 Å². The highest BCUT2D eigenvalue weighted by Gasteiger charge is 2.23. The van der Waals surface area contributed by atoms with Crippen molar-refractivity contribution in [2.24, 2.45) is 5.92 Å². The number of esters is 1. The van der Waals surface area contributed by atoms with E-state index in [-0.39, 0.29) is 5.97 Å². The number of thiophene rings is 1. The van der Waals surface area contributed by atoms with E-state index in [4.69, 9.17) is 4.74 Å². The minimum atomic E-state index is -0.349. The summed E-state index contributed by atoms with van der Waals surface area (Å²) in [4.78, 5) is 23.1. The van der Waals surface area contributed by atoms with Crippen molar-refractivity contribution in [2.45, 2.75) is 26.2 Å². The fraction of sp³-hybridized carbons (Fsp3) is 0.316. The lowest BCUT2D eigenvalue weighted by Gasteiger charge is -2.18. The van der Waals surface area contributed by atoms with Crippen LogP contribution in [0.5, 0.6) is 0 Å². The lowest BCUT2D eigenvalue weighted by molar-refractivity contribution is 0.0601. The topological polar surface area (TPSA) is 64.1 Å². The molecular weight excluding hydrogens is 334 g/mol. The van der Waals surface area contributed by atoms with Crippen molar-refractivity contribution in [2.75, 3.05) is 12.4 Å². The first-order chi connectivity index (χ1) is 12.2. The fourth-order valence-corrected chi connectivity index (χ4v) is 4.70. The molecule has 0 spiro atoms. The molecule has 1 N–H and O–H groups in total. The van der Waals surface area contributed by atoms with E-state index in [1.807, 2.05) is 12.1 Å². The van der Waals surface area contributed by atoms with E-state index in [2.05, 4.69) is 22.2 Å². The number of carbonyl (C=O) groups excluding carboxylic acids is 1. The number of rotatable bonds is 3. The largest absolute Gasteiger partial charge is 0.465 e. The molecule has 0 bridgehead atoms. The van der Waals surface area contributed by atoms with E-state index >= 15 is 0 Å². The van der Waals surface area contributed by atoms with Crippen LogP contribution in [0, 0.1) is 5.92 Å². The van der Waals surface area contributed by atoms with Gasteiger partial charge in [0.1, 0.15) is 17.0 Å². The number of carbonyl (C=O) groups is 1. The van der Waals surface area contributed by atoms with Gasteiger partial charge in [-0.3, -0.25) is 0 Å². The van der Waals surface area contributed by atoms with Gasteiger partial charge in [0.2, 0.25) is 0 Å². The molecule has 2 aromatic heterocycles. The molecule has 25 heavy (non-hydrogen) atoms. The number of benzene rings is 1. The molecular formula is C19H19N3O2S. The Labute approximate surface area is 150 Å². The quantitative estimate of drug-likeness (QED) is 0.709. The van der Waals surface area contributed by atoms with Crippen molar-refractivity contribution in [3.05, 3.63) is 46.6 Å². The minimum absolute atomic E-state index is 0.349. The van der Waals surface area contributed by atoms with Crippen molar-refractivity contribution in [3.63, 3.8) is 0 Å². The first-order valence-electron chi connectivity index (χ1n) is 8.36. The summed E-state index contributed by atoms with van der Waals surface area (Å²) >= 11 is 1.77. The summed E-state index contributed by atoms with van der Waals surface area (Å²) in [7, 11) is 1.38. The number of hydrogen-bond donors (Lipinski definition) is 1. The zero-order chi connectivity index (χ0) is 17.4. The van der Waals surface area contributed by atoms with E-state index < -0.39 is 0 Å². The van der Waals surface area contributed by atoms with Crippen LogP contribution in [0.3, 0.4) is 0 Å². The first-order valence-corrected chi connectivity index (χ1v) is 9.18. The number of hydrogen-bond acceptors (Lipinski definition) is 6. The molecule has 0 unspecified atom stereocenters. The highest BCUT2D eigenvalue weighted by Crippen LogP contribution is 2.40. The number of methoxy groups -OCH3 is 1. The Morgan fingerprint density at radius 1 is 1.36 bits per heavy atom. The zero-order valence-corrected chi connectivity index (χ0v) is 15.0. The van der Waals surface area contributed by atoms with E-state index in [9.17, 15) is 4.79 Å². The third-order valence-corrected chi connectivity index (χ3v) is 5.80. The Balaban J connectivity index is 1.74. The van der Waals surface area contributed by atoms with E-state index in [1.165, 1.54) is 24.0 Å². The van der Waals surface area contributed by atoms with Crippen LogP contribution in [-0.4, -0.2) is 23.0 Å². The van der Waals surface area contributed by atoms with Gasteiger partial charge in [-0.05, 0) is 48.9 Å². The van der Waals surface area contributed by atoms with Crippen LogP contribution in [-0.2, 0) is 17.6 Å². The highest BCUT2D eigenvalue weighted by molar-refractivity contribution is 7.19. The third-order valence-electron chi connectivity index (χ3n) is 4.64. The van der Waals surface area contributed by atoms with E-state index in [0.717, 1.165) is 40.5 Å². The van der Waals surface area contributed by atoms with Crippen molar-refractivity contribution in [3.8, 4) is 0 Å². The molecule has 1 aliphatic rings. The van der Waals surface area contributed by atoms with Gasteiger partial charge in [-0.15, -0.1) is 11.3 Å².